The molecule has 0 radical (unpaired) electrons. The third kappa shape index (κ3) is 3.13. The topological polar surface area (TPSA) is 36.4 Å². The lowest BCUT2D eigenvalue weighted by Crippen LogP contribution is -2.52. The number of aromatic nitrogens is 1. The van der Waals surface area contributed by atoms with Crippen molar-refractivity contribution in [1.29, 1.82) is 0 Å². The van der Waals surface area contributed by atoms with Crippen LogP contribution in [0.4, 0.5) is 0 Å². The van der Waals surface area contributed by atoms with Gasteiger partial charge in [-0.1, -0.05) is 30.3 Å². The van der Waals surface area contributed by atoms with Crippen LogP contribution in [0.25, 0.3) is 0 Å². The van der Waals surface area contributed by atoms with E-state index in [4.69, 9.17) is 0 Å². The van der Waals surface area contributed by atoms with Gasteiger partial charge in [0.2, 0.25) is 5.91 Å². The minimum atomic E-state index is -0.217. The quantitative estimate of drug-likeness (QED) is 0.871. The molecule has 1 atom stereocenters. The highest BCUT2D eigenvalue weighted by Crippen LogP contribution is 2.31. The van der Waals surface area contributed by atoms with Crippen LogP contribution in [0.5, 0.6) is 0 Å². The van der Waals surface area contributed by atoms with E-state index in [0.717, 1.165) is 24.2 Å². The highest BCUT2D eigenvalue weighted by Gasteiger charge is 2.37. The molecule has 1 fully saturated rings. The fourth-order valence-electron chi connectivity index (χ4n) is 3.19. The van der Waals surface area contributed by atoms with Gasteiger partial charge in [-0.2, -0.15) is 0 Å². The Morgan fingerprint density at radius 3 is 2.57 bits per heavy atom. The normalized spacial score (nSPS) is 16.3. The Balaban J connectivity index is 1.73. The summed E-state index contributed by atoms with van der Waals surface area (Å²) in [5, 5.41) is 0. The first-order valence-electron chi connectivity index (χ1n) is 7.98. The second-order valence-corrected chi connectivity index (χ2v) is 6.45. The van der Waals surface area contributed by atoms with E-state index in [1.54, 1.807) is 6.20 Å². The number of hydrogen-bond acceptors (Lipinski definition) is 3. The van der Waals surface area contributed by atoms with Crippen LogP contribution in [0.1, 0.15) is 28.7 Å². The van der Waals surface area contributed by atoms with Gasteiger partial charge in [0.05, 0.1) is 0 Å². The molecule has 1 aromatic carbocycles. The van der Waals surface area contributed by atoms with Crippen LogP contribution in [0, 0.1) is 6.92 Å². The monoisotopic (exact) mass is 309 g/mol. The van der Waals surface area contributed by atoms with Crippen molar-refractivity contribution >= 4 is 5.91 Å². The van der Waals surface area contributed by atoms with E-state index in [9.17, 15) is 4.79 Å². The molecule has 4 nitrogen and oxygen atoms in total. The zero-order valence-corrected chi connectivity index (χ0v) is 13.9. The Bertz CT molecular complexity index is 678. The van der Waals surface area contributed by atoms with Gasteiger partial charge >= 0.3 is 0 Å². The maximum Gasteiger partial charge on any atom is 0.244 e. The number of likely N-dealkylation sites (N-methyl/N-ethyl adjacent to an activating group) is 1. The Hall–Kier alpha value is -2.20. The zero-order chi connectivity index (χ0) is 16.4. The van der Waals surface area contributed by atoms with Crippen molar-refractivity contribution in [2.75, 3.05) is 27.2 Å². The summed E-state index contributed by atoms with van der Waals surface area (Å²) in [5.41, 5.74) is 3.46. The van der Waals surface area contributed by atoms with Crippen molar-refractivity contribution in [3.05, 3.63) is 65.5 Å². The van der Waals surface area contributed by atoms with Crippen molar-refractivity contribution < 1.29 is 4.79 Å². The summed E-state index contributed by atoms with van der Waals surface area (Å²) >= 11 is 0. The summed E-state index contributed by atoms with van der Waals surface area (Å²) in [6, 6.07) is 12.0. The molecule has 0 N–H and O–H groups in total. The van der Waals surface area contributed by atoms with E-state index in [2.05, 4.69) is 30.1 Å². The highest BCUT2D eigenvalue weighted by atomic mass is 16.2. The molecule has 0 saturated carbocycles. The van der Waals surface area contributed by atoms with Crippen molar-refractivity contribution in [2.45, 2.75) is 18.9 Å². The SMILES string of the molecule is Cc1ccccc1[C@H](C(=O)N1CC(c2cccnc2)C1)N(C)C. The van der Waals surface area contributed by atoms with Crippen LogP contribution in [0.15, 0.2) is 48.8 Å². The van der Waals surface area contributed by atoms with Gasteiger partial charge in [-0.25, -0.2) is 0 Å². The fourth-order valence-corrected chi connectivity index (χ4v) is 3.19. The van der Waals surface area contributed by atoms with Gasteiger partial charge in [0.25, 0.3) is 0 Å². The number of pyridine rings is 1. The van der Waals surface area contributed by atoms with Gasteiger partial charge in [0, 0.05) is 31.4 Å². The predicted molar refractivity (Wildman–Crippen MR) is 91.2 cm³/mol. The van der Waals surface area contributed by atoms with Gasteiger partial charge in [0.1, 0.15) is 6.04 Å². The Kier molecular flexibility index (Phi) is 4.44. The molecule has 0 bridgehead atoms. The second-order valence-electron chi connectivity index (χ2n) is 6.45. The van der Waals surface area contributed by atoms with Crippen molar-refractivity contribution in [3.63, 3.8) is 0 Å². The molecule has 1 saturated heterocycles. The molecule has 0 spiro atoms. The number of aryl methyl sites for hydroxylation is 1. The van der Waals surface area contributed by atoms with Gasteiger partial charge < -0.3 is 4.90 Å². The van der Waals surface area contributed by atoms with Gasteiger partial charge in [-0.3, -0.25) is 14.7 Å². The molecule has 1 aliphatic rings. The zero-order valence-electron chi connectivity index (χ0n) is 13.9. The number of amides is 1. The van der Waals surface area contributed by atoms with Crippen LogP contribution in [-0.4, -0.2) is 47.9 Å². The van der Waals surface area contributed by atoms with Crippen LogP contribution < -0.4 is 0 Å². The molecule has 2 aromatic rings. The van der Waals surface area contributed by atoms with E-state index < -0.39 is 0 Å². The summed E-state index contributed by atoms with van der Waals surface area (Å²) < 4.78 is 0. The molecule has 120 valence electrons. The molecule has 1 amide bonds. The molecule has 1 aromatic heterocycles. The summed E-state index contributed by atoms with van der Waals surface area (Å²) in [6.45, 7) is 3.62. The van der Waals surface area contributed by atoms with Crippen molar-refractivity contribution in [1.82, 2.24) is 14.8 Å². The lowest BCUT2D eigenvalue weighted by atomic mass is 9.90. The van der Waals surface area contributed by atoms with Crippen LogP contribution in [0.3, 0.4) is 0 Å². The third-order valence-electron chi connectivity index (χ3n) is 4.58. The van der Waals surface area contributed by atoms with Crippen molar-refractivity contribution in [3.8, 4) is 0 Å². The maximum absolute atomic E-state index is 13.0. The van der Waals surface area contributed by atoms with Gasteiger partial charge in [-0.15, -0.1) is 0 Å². The molecule has 23 heavy (non-hydrogen) atoms. The van der Waals surface area contributed by atoms with E-state index in [-0.39, 0.29) is 11.9 Å². The molecule has 4 heteroatoms. The predicted octanol–water partition coefficient (Wildman–Crippen LogP) is 2.62. The Morgan fingerprint density at radius 1 is 1.22 bits per heavy atom. The average Bonchev–Trinajstić information content (AvgIpc) is 2.49. The number of likely N-dealkylation sites (tertiary alicyclic amines) is 1. The number of carbonyl (C=O) groups is 1. The number of hydrogen-bond donors (Lipinski definition) is 0. The van der Waals surface area contributed by atoms with Crippen LogP contribution >= 0.6 is 0 Å². The van der Waals surface area contributed by atoms with Crippen LogP contribution in [0.2, 0.25) is 0 Å². The summed E-state index contributed by atoms with van der Waals surface area (Å²) in [7, 11) is 3.93. The summed E-state index contributed by atoms with van der Waals surface area (Å²) in [6.07, 6.45) is 3.68. The standard InChI is InChI=1S/C19H23N3O/c1-14-7-4-5-9-17(14)18(21(2)3)19(23)22-12-16(13-22)15-8-6-10-20-11-15/h4-11,16,18H,12-13H2,1-3H3/t18-/m1/s1. The van der Waals surface area contributed by atoms with Gasteiger partial charge in [0.15, 0.2) is 0 Å². The number of rotatable bonds is 4. The largest absolute Gasteiger partial charge is 0.340 e. The Morgan fingerprint density at radius 2 is 1.96 bits per heavy atom. The number of nitrogens with zero attached hydrogens (tertiary/aromatic N) is 3. The first-order chi connectivity index (χ1) is 11.1. The number of benzene rings is 1. The summed E-state index contributed by atoms with van der Waals surface area (Å²) in [4.78, 5) is 21.1. The number of carbonyl (C=O) groups excluding carboxylic acids is 1. The maximum atomic E-state index is 13.0. The molecule has 0 unspecified atom stereocenters. The van der Waals surface area contributed by atoms with Gasteiger partial charge in [-0.05, 0) is 43.8 Å². The Labute approximate surface area is 137 Å². The second kappa shape index (κ2) is 6.50. The minimum Gasteiger partial charge on any atom is -0.340 e. The van der Waals surface area contributed by atoms with E-state index in [1.807, 2.05) is 48.3 Å². The molecular weight excluding hydrogens is 286 g/mol. The summed E-state index contributed by atoms with van der Waals surface area (Å²) in [5.74, 6) is 0.594. The molecule has 0 aliphatic carbocycles. The highest BCUT2D eigenvalue weighted by molar-refractivity contribution is 5.84. The molecule has 3 rings (SSSR count). The minimum absolute atomic E-state index is 0.185. The van der Waals surface area contributed by atoms with E-state index in [0.29, 0.717) is 5.92 Å². The lowest BCUT2D eigenvalue weighted by molar-refractivity contribution is -0.141. The van der Waals surface area contributed by atoms with Crippen molar-refractivity contribution in [2.24, 2.45) is 0 Å². The fraction of sp³-hybridized carbons (Fsp3) is 0.368. The lowest BCUT2D eigenvalue weighted by Gasteiger charge is -2.42. The first kappa shape index (κ1) is 15.7. The molecule has 2 heterocycles. The van der Waals surface area contributed by atoms with E-state index >= 15 is 0 Å². The third-order valence-corrected chi connectivity index (χ3v) is 4.58. The smallest absolute Gasteiger partial charge is 0.244 e. The average molecular weight is 309 g/mol. The van der Waals surface area contributed by atoms with E-state index in [1.165, 1.54) is 5.56 Å². The molecular formula is C19H23N3O. The first-order valence-corrected chi connectivity index (χ1v) is 7.98. The van der Waals surface area contributed by atoms with Crippen LogP contribution in [-0.2, 0) is 4.79 Å². The molecule has 1 aliphatic heterocycles.